The van der Waals surface area contributed by atoms with Gasteiger partial charge < -0.3 is 10.1 Å². The van der Waals surface area contributed by atoms with Crippen LogP contribution < -0.4 is 10.6 Å². The molecule has 0 radical (unpaired) electrons. The number of carbonyl (C=O) groups is 3. The average Bonchev–Trinajstić information content (AvgIpc) is 2.25. The predicted molar refractivity (Wildman–Crippen MR) is 50.9 cm³/mol. The van der Waals surface area contributed by atoms with E-state index < -0.39 is 23.6 Å². The number of hydrogen-bond acceptors (Lipinski definition) is 4. The molecule has 0 bridgehead atoms. The molecule has 1 rings (SSSR count). The van der Waals surface area contributed by atoms with E-state index in [1.165, 1.54) is 0 Å². The fourth-order valence-corrected chi connectivity index (χ4v) is 1.12. The molecule has 0 saturated carbocycles. The Morgan fingerprint density at radius 2 is 2.07 bits per heavy atom. The van der Waals surface area contributed by atoms with E-state index in [2.05, 4.69) is 10.6 Å². The summed E-state index contributed by atoms with van der Waals surface area (Å²) in [5, 5.41) is 4.41. The van der Waals surface area contributed by atoms with Gasteiger partial charge in [-0.05, 0) is 20.8 Å². The van der Waals surface area contributed by atoms with Gasteiger partial charge in [-0.2, -0.15) is 0 Å². The maximum Gasteiger partial charge on any atom is 0.408 e. The Bertz CT molecular complexity index is 306. The molecule has 2 N–H and O–H groups in total. The van der Waals surface area contributed by atoms with Gasteiger partial charge in [-0.15, -0.1) is 0 Å². The van der Waals surface area contributed by atoms with Crippen molar-refractivity contribution in [3.05, 3.63) is 0 Å². The Morgan fingerprint density at radius 3 is 2.47 bits per heavy atom. The average molecular weight is 214 g/mol. The van der Waals surface area contributed by atoms with Crippen LogP contribution in [0.2, 0.25) is 0 Å². The van der Waals surface area contributed by atoms with Gasteiger partial charge in [-0.1, -0.05) is 0 Å². The van der Waals surface area contributed by atoms with Crippen LogP contribution in [0.4, 0.5) is 4.79 Å². The van der Waals surface area contributed by atoms with Crippen molar-refractivity contribution >= 4 is 17.9 Å². The molecule has 15 heavy (non-hydrogen) atoms. The highest BCUT2D eigenvalue weighted by Crippen LogP contribution is 2.08. The van der Waals surface area contributed by atoms with E-state index in [9.17, 15) is 14.4 Å². The number of ether oxygens (including phenoxy) is 1. The Labute approximate surface area is 87.4 Å². The minimum atomic E-state index is -0.813. The van der Waals surface area contributed by atoms with E-state index in [-0.39, 0.29) is 12.3 Å². The zero-order valence-electron chi connectivity index (χ0n) is 8.92. The Balaban J connectivity index is 2.45. The largest absolute Gasteiger partial charge is 0.444 e. The van der Waals surface area contributed by atoms with Crippen LogP contribution in [0.1, 0.15) is 27.2 Å². The molecule has 1 fully saturated rings. The van der Waals surface area contributed by atoms with Crippen LogP contribution in [-0.4, -0.2) is 29.6 Å². The number of rotatable bonds is 1. The Hall–Kier alpha value is -1.59. The van der Waals surface area contributed by atoms with Gasteiger partial charge in [0.25, 0.3) is 0 Å². The molecule has 1 heterocycles. The van der Waals surface area contributed by atoms with E-state index in [0.29, 0.717) is 0 Å². The van der Waals surface area contributed by atoms with Crippen molar-refractivity contribution in [2.45, 2.75) is 38.8 Å². The number of hydrogen-bond donors (Lipinski definition) is 2. The van der Waals surface area contributed by atoms with Gasteiger partial charge in [0.1, 0.15) is 11.6 Å². The molecule has 0 aliphatic carbocycles. The molecule has 1 aliphatic heterocycles. The summed E-state index contributed by atoms with van der Waals surface area (Å²) in [6.45, 7) is 5.14. The third-order valence-electron chi connectivity index (χ3n) is 1.66. The lowest BCUT2D eigenvalue weighted by atomic mass is 10.2. The first-order chi connectivity index (χ1) is 6.78. The summed E-state index contributed by atoms with van der Waals surface area (Å²) in [5.74, 6) is -0.882. The molecule has 0 unspecified atom stereocenters. The summed E-state index contributed by atoms with van der Waals surface area (Å²) in [7, 11) is 0. The van der Waals surface area contributed by atoms with Crippen molar-refractivity contribution in [1.29, 1.82) is 0 Å². The second-order valence-electron chi connectivity index (χ2n) is 4.32. The van der Waals surface area contributed by atoms with Gasteiger partial charge in [0.15, 0.2) is 0 Å². The first-order valence-corrected chi connectivity index (χ1v) is 4.61. The SMILES string of the molecule is CC(C)(C)OC(=O)N[C@@H]1CC(=O)NC1=O. The number of amides is 3. The van der Waals surface area contributed by atoms with Crippen LogP contribution in [0.25, 0.3) is 0 Å². The van der Waals surface area contributed by atoms with Gasteiger partial charge >= 0.3 is 6.09 Å². The lowest BCUT2D eigenvalue weighted by Gasteiger charge is -2.20. The predicted octanol–water partition coefficient (Wildman–Crippen LogP) is -0.0738. The fourth-order valence-electron chi connectivity index (χ4n) is 1.12. The summed E-state index contributed by atoms with van der Waals surface area (Å²) in [4.78, 5) is 33.1. The molecular weight excluding hydrogens is 200 g/mol. The highest BCUT2D eigenvalue weighted by molar-refractivity contribution is 6.06. The molecule has 0 aromatic rings. The molecule has 1 aliphatic rings. The molecule has 3 amide bonds. The van der Waals surface area contributed by atoms with Crippen molar-refractivity contribution in [3.8, 4) is 0 Å². The highest BCUT2D eigenvalue weighted by atomic mass is 16.6. The fraction of sp³-hybridized carbons (Fsp3) is 0.667. The zero-order chi connectivity index (χ0) is 11.6. The molecule has 0 spiro atoms. The van der Waals surface area contributed by atoms with Gasteiger partial charge in [-0.25, -0.2) is 4.79 Å². The monoisotopic (exact) mass is 214 g/mol. The van der Waals surface area contributed by atoms with Crippen molar-refractivity contribution < 1.29 is 19.1 Å². The van der Waals surface area contributed by atoms with Crippen molar-refractivity contribution in [2.75, 3.05) is 0 Å². The van der Waals surface area contributed by atoms with Gasteiger partial charge in [0.05, 0.1) is 6.42 Å². The van der Waals surface area contributed by atoms with E-state index in [4.69, 9.17) is 4.74 Å². The van der Waals surface area contributed by atoms with E-state index >= 15 is 0 Å². The first-order valence-electron chi connectivity index (χ1n) is 4.61. The van der Waals surface area contributed by atoms with Gasteiger partial charge in [0, 0.05) is 0 Å². The number of carbonyl (C=O) groups excluding carboxylic acids is 3. The second kappa shape index (κ2) is 3.88. The second-order valence-corrected chi connectivity index (χ2v) is 4.32. The van der Waals surface area contributed by atoms with Crippen molar-refractivity contribution in [1.82, 2.24) is 10.6 Å². The van der Waals surface area contributed by atoms with E-state index in [1.54, 1.807) is 20.8 Å². The van der Waals surface area contributed by atoms with Crippen LogP contribution in [-0.2, 0) is 14.3 Å². The van der Waals surface area contributed by atoms with Crippen molar-refractivity contribution in [3.63, 3.8) is 0 Å². The standard InChI is InChI=1S/C9H14N2O4/c1-9(2,3)15-8(14)10-5-4-6(12)11-7(5)13/h5H,4H2,1-3H3,(H,10,14)(H,11,12,13)/t5-/m1/s1. The molecule has 84 valence electrons. The van der Waals surface area contributed by atoms with Crippen molar-refractivity contribution in [2.24, 2.45) is 0 Å². The van der Waals surface area contributed by atoms with Gasteiger partial charge in [0.2, 0.25) is 11.8 Å². The molecule has 1 atom stereocenters. The van der Waals surface area contributed by atoms with Crippen LogP contribution in [0.3, 0.4) is 0 Å². The molecular formula is C9H14N2O4. The van der Waals surface area contributed by atoms with Crippen LogP contribution in [0.15, 0.2) is 0 Å². The quantitative estimate of drug-likeness (QED) is 0.598. The highest BCUT2D eigenvalue weighted by Gasteiger charge is 2.32. The lowest BCUT2D eigenvalue weighted by Crippen LogP contribution is -2.42. The molecule has 6 nitrogen and oxygen atoms in total. The summed E-state index contributed by atoms with van der Waals surface area (Å²) in [6, 6.07) is -0.813. The minimum absolute atomic E-state index is 0.0297. The maximum atomic E-state index is 11.2. The Morgan fingerprint density at radius 1 is 1.47 bits per heavy atom. The van der Waals surface area contributed by atoms with Gasteiger partial charge in [-0.3, -0.25) is 14.9 Å². The topological polar surface area (TPSA) is 84.5 Å². The Kier molecular flexibility index (Phi) is 2.97. The zero-order valence-corrected chi connectivity index (χ0v) is 8.92. The smallest absolute Gasteiger partial charge is 0.408 e. The maximum absolute atomic E-state index is 11.2. The summed E-state index contributed by atoms with van der Waals surface area (Å²) in [5.41, 5.74) is -0.622. The van der Waals surface area contributed by atoms with Crippen LogP contribution in [0.5, 0.6) is 0 Å². The first kappa shape index (κ1) is 11.5. The third-order valence-corrected chi connectivity index (χ3v) is 1.66. The molecule has 1 saturated heterocycles. The van der Waals surface area contributed by atoms with Crippen LogP contribution in [0, 0.1) is 0 Å². The van der Waals surface area contributed by atoms with E-state index in [1.807, 2.05) is 0 Å². The lowest BCUT2D eigenvalue weighted by molar-refractivity contribution is -0.125. The minimum Gasteiger partial charge on any atom is -0.444 e. The van der Waals surface area contributed by atoms with Crippen LogP contribution >= 0.6 is 0 Å². The summed E-state index contributed by atoms with van der Waals surface area (Å²) < 4.78 is 4.94. The number of alkyl carbamates (subject to hydrolysis) is 1. The molecule has 6 heteroatoms. The third kappa shape index (κ3) is 3.57. The molecule has 0 aromatic carbocycles. The number of nitrogens with one attached hydrogen (secondary N) is 2. The molecule has 0 aromatic heterocycles. The number of imide groups is 1. The summed E-state index contributed by atoms with van der Waals surface area (Å²) in [6.07, 6.45) is -0.727. The normalized spacial score (nSPS) is 21.1. The summed E-state index contributed by atoms with van der Waals surface area (Å²) >= 11 is 0. The van der Waals surface area contributed by atoms with E-state index in [0.717, 1.165) is 0 Å².